The molecule has 0 spiro atoms. The first-order valence-corrected chi connectivity index (χ1v) is 8.98. The van der Waals surface area contributed by atoms with Crippen LogP contribution in [0.2, 0.25) is 0 Å². The first kappa shape index (κ1) is 20.1. The molecule has 1 aromatic heterocycles. The molecule has 0 aliphatic heterocycles. The summed E-state index contributed by atoms with van der Waals surface area (Å²) in [7, 11) is 0. The number of rotatable bonds is 8. The zero-order chi connectivity index (χ0) is 19.1. The highest BCUT2D eigenvalue weighted by Gasteiger charge is 2.18. The Morgan fingerprint density at radius 1 is 1.23 bits per heavy atom. The molecular weight excluding hydrogens is 328 g/mol. The van der Waals surface area contributed by atoms with E-state index < -0.39 is 0 Å². The topological polar surface area (TPSA) is 62.7 Å². The zero-order valence-corrected chi connectivity index (χ0v) is 16.0. The van der Waals surface area contributed by atoms with E-state index in [1.54, 1.807) is 6.20 Å². The lowest BCUT2D eigenvalue weighted by atomic mass is 10.0. The van der Waals surface area contributed by atoms with Crippen molar-refractivity contribution in [3.63, 3.8) is 0 Å². The predicted molar refractivity (Wildman–Crippen MR) is 102 cm³/mol. The van der Waals surface area contributed by atoms with Crippen LogP contribution in [0.3, 0.4) is 0 Å². The highest BCUT2D eigenvalue weighted by atomic mass is 16.5. The number of benzene rings is 1. The fourth-order valence-electron chi connectivity index (χ4n) is 3.19. The maximum Gasteiger partial charge on any atom is 0.308 e. The predicted octanol–water partition coefficient (Wildman–Crippen LogP) is 3.40. The number of aromatic nitrogens is 1. The standard InChI is InChI=1S/C21H28N2O3/c1-5-20(14-24)23(13-19-8-6-7-9-22-19)12-18-10-15(2)21(16(3)11-18)26-17(4)25/h6-11,20,24H,5,12-14H2,1-4H3. The number of aryl methyl sites for hydroxylation is 2. The summed E-state index contributed by atoms with van der Waals surface area (Å²) in [6.07, 6.45) is 2.64. The molecule has 0 fully saturated rings. The van der Waals surface area contributed by atoms with E-state index in [1.807, 2.05) is 44.2 Å². The van der Waals surface area contributed by atoms with Gasteiger partial charge in [-0.05, 0) is 49.1 Å². The summed E-state index contributed by atoms with van der Waals surface area (Å²) in [6.45, 7) is 8.84. The Balaban J connectivity index is 2.25. The van der Waals surface area contributed by atoms with Crippen molar-refractivity contribution in [2.45, 2.75) is 53.2 Å². The van der Waals surface area contributed by atoms with Crippen molar-refractivity contribution in [1.29, 1.82) is 0 Å². The Bertz CT molecular complexity index is 704. The van der Waals surface area contributed by atoms with Crippen molar-refractivity contribution < 1.29 is 14.6 Å². The molecule has 0 bridgehead atoms. The summed E-state index contributed by atoms with van der Waals surface area (Å²) >= 11 is 0. The van der Waals surface area contributed by atoms with Crippen LogP contribution < -0.4 is 4.74 Å². The maximum absolute atomic E-state index is 11.3. The van der Waals surface area contributed by atoms with Crippen molar-refractivity contribution in [2.24, 2.45) is 0 Å². The molecule has 0 saturated carbocycles. The molecule has 140 valence electrons. The average Bonchev–Trinajstić information content (AvgIpc) is 2.60. The number of aliphatic hydroxyl groups excluding tert-OH is 1. The van der Waals surface area contributed by atoms with E-state index in [4.69, 9.17) is 4.74 Å². The molecule has 0 aliphatic carbocycles. The van der Waals surface area contributed by atoms with Crippen molar-refractivity contribution in [1.82, 2.24) is 9.88 Å². The first-order valence-electron chi connectivity index (χ1n) is 8.98. The number of nitrogens with zero attached hydrogens (tertiary/aromatic N) is 2. The summed E-state index contributed by atoms with van der Waals surface area (Å²) < 4.78 is 5.32. The third-order valence-corrected chi connectivity index (χ3v) is 4.44. The second-order valence-corrected chi connectivity index (χ2v) is 6.62. The third-order valence-electron chi connectivity index (χ3n) is 4.44. The van der Waals surface area contributed by atoms with E-state index in [9.17, 15) is 9.90 Å². The van der Waals surface area contributed by atoms with Crippen LogP contribution in [0, 0.1) is 13.8 Å². The van der Waals surface area contributed by atoms with Gasteiger partial charge >= 0.3 is 5.97 Å². The molecular formula is C21H28N2O3. The molecule has 0 amide bonds. The van der Waals surface area contributed by atoms with Gasteiger partial charge in [-0.2, -0.15) is 0 Å². The highest BCUT2D eigenvalue weighted by Crippen LogP contribution is 2.26. The molecule has 26 heavy (non-hydrogen) atoms. The fraction of sp³-hybridized carbons (Fsp3) is 0.429. The van der Waals surface area contributed by atoms with Crippen LogP contribution in [-0.2, 0) is 17.9 Å². The van der Waals surface area contributed by atoms with Gasteiger partial charge in [-0.25, -0.2) is 0 Å². The van der Waals surface area contributed by atoms with Crippen LogP contribution in [0.5, 0.6) is 5.75 Å². The number of ether oxygens (including phenoxy) is 1. The quantitative estimate of drug-likeness (QED) is 0.580. The smallest absolute Gasteiger partial charge is 0.308 e. The summed E-state index contributed by atoms with van der Waals surface area (Å²) in [6, 6.07) is 10.0. The number of pyridine rings is 1. The molecule has 1 N–H and O–H groups in total. The summed E-state index contributed by atoms with van der Waals surface area (Å²) in [4.78, 5) is 17.9. The summed E-state index contributed by atoms with van der Waals surface area (Å²) in [5.41, 5.74) is 3.97. The summed E-state index contributed by atoms with van der Waals surface area (Å²) in [5.74, 6) is 0.318. The Hall–Kier alpha value is -2.24. The fourth-order valence-corrected chi connectivity index (χ4v) is 3.19. The molecule has 1 heterocycles. The second-order valence-electron chi connectivity index (χ2n) is 6.62. The monoisotopic (exact) mass is 356 g/mol. The van der Waals surface area contributed by atoms with Gasteiger partial charge in [0.25, 0.3) is 0 Å². The van der Waals surface area contributed by atoms with E-state index in [-0.39, 0.29) is 18.6 Å². The van der Waals surface area contributed by atoms with E-state index in [0.29, 0.717) is 18.8 Å². The molecule has 1 aromatic carbocycles. The normalized spacial score (nSPS) is 12.2. The summed E-state index contributed by atoms with van der Waals surface area (Å²) in [5, 5.41) is 9.79. The molecule has 2 aromatic rings. The molecule has 1 atom stereocenters. The molecule has 5 heteroatoms. The van der Waals surface area contributed by atoms with E-state index in [1.165, 1.54) is 6.92 Å². The number of aliphatic hydroxyl groups is 1. The van der Waals surface area contributed by atoms with Crippen molar-refractivity contribution in [3.8, 4) is 5.75 Å². The molecule has 0 saturated heterocycles. The SMILES string of the molecule is CCC(CO)N(Cc1cc(C)c(OC(C)=O)c(C)c1)Cc1ccccn1. The Kier molecular flexibility index (Phi) is 7.30. The zero-order valence-electron chi connectivity index (χ0n) is 16.0. The van der Waals surface area contributed by atoms with Gasteiger partial charge in [0.2, 0.25) is 0 Å². The first-order chi connectivity index (χ1) is 12.4. The lowest BCUT2D eigenvalue weighted by Gasteiger charge is -2.30. The van der Waals surface area contributed by atoms with Gasteiger partial charge in [-0.1, -0.05) is 25.1 Å². The molecule has 0 aliphatic rings. The third kappa shape index (κ3) is 5.38. The van der Waals surface area contributed by atoms with E-state index >= 15 is 0 Å². The van der Waals surface area contributed by atoms with Crippen LogP contribution in [0.4, 0.5) is 0 Å². The Morgan fingerprint density at radius 3 is 2.42 bits per heavy atom. The highest BCUT2D eigenvalue weighted by molar-refractivity contribution is 5.70. The number of esters is 1. The van der Waals surface area contributed by atoms with Crippen LogP contribution >= 0.6 is 0 Å². The lowest BCUT2D eigenvalue weighted by Crippen LogP contribution is -2.36. The Morgan fingerprint density at radius 2 is 1.92 bits per heavy atom. The van der Waals surface area contributed by atoms with Crippen molar-refractivity contribution in [3.05, 3.63) is 58.9 Å². The maximum atomic E-state index is 11.3. The van der Waals surface area contributed by atoms with Gasteiger partial charge < -0.3 is 9.84 Å². The minimum Gasteiger partial charge on any atom is -0.426 e. The van der Waals surface area contributed by atoms with Gasteiger partial charge in [-0.3, -0.25) is 14.7 Å². The molecule has 0 radical (unpaired) electrons. The largest absolute Gasteiger partial charge is 0.426 e. The van der Waals surface area contributed by atoms with Crippen LogP contribution in [0.15, 0.2) is 36.5 Å². The minimum atomic E-state index is -0.313. The van der Waals surface area contributed by atoms with Crippen molar-refractivity contribution >= 4 is 5.97 Å². The number of carbonyl (C=O) groups excluding carboxylic acids is 1. The van der Waals surface area contributed by atoms with E-state index in [2.05, 4.69) is 16.8 Å². The van der Waals surface area contributed by atoms with Crippen molar-refractivity contribution in [2.75, 3.05) is 6.61 Å². The second kappa shape index (κ2) is 9.46. The van der Waals surface area contributed by atoms with Gasteiger partial charge in [-0.15, -0.1) is 0 Å². The van der Waals surface area contributed by atoms with E-state index in [0.717, 1.165) is 28.8 Å². The number of carbonyl (C=O) groups is 1. The van der Waals surface area contributed by atoms with Crippen LogP contribution in [0.25, 0.3) is 0 Å². The lowest BCUT2D eigenvalue weighted by molar-refractivity contribution is -0.131. The molecule has 1 unspecified atom stereocenters. The minimum absolute atomic E-state index is 0.0609. The molecule has 2 rings (SSSR count). The van der Waals surface area contributed by atoms with Gasteiger partial charge in [0, 0.05) is 32.3 Å². The number of hydrogen-bond donors (Lipinski definition) is 1. The Labute approximate surface area is 155 Å². The molecule has 5 nitrogen and oxygen atoms in total. The van der Waals surface area contributed by atoms with Gasteiger partial charge in [0.05, 0.1) is 12.3 Å². The van der Waals surface area contributed by atoms with Gasteiger partial charge in [0.1, 0.15) is 5.75 Å². The van der Waals surface area contributed by atoms with Crippen LogP contribution in [-0.4, -0.2) is 33.6 Å². The van der Waals surface area contributed by atoms with Crippen LogP contribution in [0.1, 0.15) is 42.7 Å². The van der Waals surface area contributed by atoms with Gasteiger partial charge in [0.15, 0.2) is 0 Å². The number of hydrogen-bond acceptors (Lipinski definition) is 5. The average molecular weight is 356 g/mol.